The molecule has 0 bridgehead atoms. The van der Waals surface area contributed by atoms with Crippen LogP contribution in [0.1, 0.15) is 60.8 Å². The standard InChI is InChI=1S/C15H27NO4/c1-13(2,3)16(12(19)20-14(4,5)6)10-9-15(7-8-15)11(17)18/h7-10H2,1-6H3,(H,17,18). The van der Waals surface area contributed by atoms with Gasteiger partial charge < -0.3 is 14.7 Å². The van der Waals surface area contributed by atoms with Crippen molar-refractivity contribution in [2.24, 2.45) is 5.41 Å². The number of carbonyl (C=O) groups excluding carboxylic acids is 1. The third kappa shape index (κ3) is 4.39. The summed E-state index contributed by atoms with van der Waals surface area (Å²) in [6, 6.07) is 0. The Balaban J connectivity index is 2.71. The molecular formula is C15H27NO4. The van der Waals surface area contributed by atoms with Gasteiger partial charge >= 0.3 is 12.1 Å². The number of amides is 1. The molecule has 0 aromatic heterocycles. The molecule has 1 aliphatic rings. The molecule has 0 saturated heterocycles. The predicted octanol–water partition coefficient (Wildman–Crippen LogP) is 3.28. The summed E-state index contributed by atoms with van der Waals surface area (Å²) in [5.74, 6) is -0.754. The Morgan fingerprint density at radius 2 is 1.65 bits per heavy atom. The lowest BCUT2D eigenvalue weighted by Gasteiger charge is -2.37. The van der Waals surface area contributed by atoms with Crippen LogP contribution in [0.2, 0.25) is 0 Å². The average molecular weight is 285 g/mol. The highest BCUT2D eigenvalue weighted by atomic mass is 16.6. The van der Waals surface area contributed by atoms with E-state index in [1.807, 2.05) is 41.5 Å². The van der Waals surface area contributed by atoms with E-state index in [4.69, 9.17) is 4.74 Å². The molecule has 20 heavy (non-hydrogen) atoms. The third-order valence-electron chi connectivity index (χ3n) is 3.54. The summed E-state index contributed by atoms with van der Waals surface area (Å²) in [7, 11) is 0. The highest BCUT2D eigenvalue weighted by Gasteiger charge is 2.50. The number of aliphatic carboxylic acids is 1. The van der Waals surface area contributed by atoms with E-state index in [1.54, 1.807) is 4.90 Å². The molecule has 0 radical (unpaired) electrons. The maximum atomic E-state index is 12.3. The van der Waals surface area contributed by atoms with Crippen LogP contribution in [0.5, 0.6) is 0 Å². The normalized spacial score (nSPS) is 17.5. The first kappa shape index (κ1) is 16.8. The van der Waals surface area contributed by atoms with E-state index < -0.39 is 22.5 Å². The van der Waals surface area contributed by atoms with Crippen LogP contribution < -0.4 is 0 Å². The Kier molecular flexibility index (Phi) is 4.42. The van der Waals surface area contributed by atoms with Gasteiger partial charge in [0.2, 0.25) is 0 Å². The Hall–Kier alpha value is -1.26. The summed E-state index contributed by atoms with van der Waals surface area (Å²) in [4.78, 5) is 25.1. The van der Waals surface area contributed by atoms with Crippen LogP contribution in [0.25, 0.3) is 0 Å². The van der Waals surface area contributed by atoms with E-state index in [9.17, 15) is 14.7 Å². The largest absolute Gasteiger partial charge is 0.481 e. The molecule has 1 amide bonds. The quantitative estimate of drug-likeness (QED) is 0.860. The molecule has 0 aromatic carbocycles. The molecule has 1 fully saturated rings. The Morgan fingerprint density at radius 3 is 1.95 bits per heavy atom. The van der Waals surface area contributed by atoms with Crippen molar-refractivity contribution in [1.29, 1.82) is 0 Å². The lowest BCUT2D eigenvalue weighted by molar-refractivity contribution is -0.143. The molecule has 0 heterocycles. The Bertz CT molecular complexity index is 386. The smallest absolute Gasteiger partial charge is 0.410 e. The molecule has 1 N–H and O–H groups in total. The van der Waals surface area contributed by atoms with Gasteiger partial charge in [-0.05, 0) is 60.8 Å². The zero-order chi connectivity index (χ0) is 15.8. The van der Waals surface area contributed by atoms with Crippen LogP contribution in [-0.4, -0.2) is 39.8 Å². The van der Waals surface area contributed by atoms with Crippen molar-refractivity contribution in [3.8, 4) is 0 Å². The van der Waals surface area contributed by atoms with E-state index in [0.717, 1.165) is 0 Å². The van der Waals surface area contributed by atoms with Gasteiger partial charge in [-0.1, -0.05) is 0 Å². The fourth-order valence-corrected chi connectivity index (χ4v) is 2.07. The van der Waals surface area contributed by atoms with Crippen molar-refractivity contribution >= 4 is 12.1 Å². The van der Waals surface area contributed by atoms with E-state index in [0.29, 0.717) is 25.8 Å². The van der Waals surface area contributed by atoms with Crippen molar-refractivity contribution in [3.63, 3.8) is 0 Å². The van der Waals surface area contributed by atoms with Crippen LogP contribution in [-0.2, 0) is 9.53 Å². The first-order valence-corrected chi connectivity index (χ1v) is 7.11. The van der Waals surface area contributed by atoms with Crippen molar-refractivity contribution in [2.45, 2.75) is 71.9 Å². The van der Waals surface area contributed by atoms with Crippen LogP contribution in [0.4, 0.5) is 4.79 Å². The Labute approximate surface area is 121 Å². The summed E-state index contributed by atoms with van der Waals surface area (Å²) < 4.78 is 5.41. The molecule has 0 spiro atoms. The second kappa shape index (κ2) is 5.26. The van der Waals surface area contributed by atoms with E-state index >= 15 is 0 Å². The molecule has 5 heteroatoms. The van der Waals surface area contributed by atoms with Gasteiger partial charge in [0.05, 0.1) is 5.41 Å². The summed E-state index contributed by atoms with van der Waals surface area (Å²) in [5.41, 5.74) is -1.56. The van der Waals surface area contributed by atoms with Crippen molar-refractivity contribution in [1.82, 2.24) is 4.90 Å². The number of carbonyl (C=O) groups is 2. The molecule has 1 saturated carbocycles. The fraction of sp³-hybridized carbons (Fsp3) is 0.867. The molecule has 116 valence electrons. The number of hydrogen-bond acceptors (Lipinski definition) is 3. The second-order valence-corrected chi connectivity index (χ2v) is 7.64. The van der Waals surface area contributed by atoms with Gasteiger partial charge in [-0.2, -0.15) is 0 Å². The molecule has 0 unspecified atom stereocenters. The van der Waals surface area contributed by atoms with Gasteiger partial charge in [0, 0.05) is 12.1 Å². The zero-order valence-corrected chi connectivity index (χ0v) is 13.4. The van der Waals surface area contributed by atoms with Gasteiger partial charge in [-0.3, -0.25) is 4.79 Å². The maximum Gasteiger partial charge on any atom is 0.410 e. The summed E-state index contributed by atoms with van der Waals surface area (Å²) in [5, 5.41) is 9.21. The number of hydrogen-bond donors (Lipinski definition) is 1. The molecule has 0 aromatic rings. The van der Waals surface area contributed by atoms with Crippen LogP contribution in [0, 0.1) is 5.41 Å². The summed E-state index contributed by atoms with van der Waals surface area (Å²) in [6.45, 7) is 11.7. The van der Waals surface area contributed by atoms with Gasteiger partial charge in [-0.25, -0.2) is 4.79 Å². The van der Waals surface area contributed by atoms with Gasteiger partial charge in [0.15, 0.2) is 0 Å². The zero-order valence-electron chi connectivity index (χ0n) is 13.4. The highest BCUT2D eigenvalue weighted by Crippen LogP contribution is 2.49. The number of carboxylic acid groups (broad SMARTS) is 1. The SMILES string of the molecule is CC(C)(C)OC(=O)N(CCC1(C(=O)O)CC1)C(C)(C)C. The fourth-order valence-electron chi connectivity index (χ4n) is 2.07. The van der Waals surface area contributed by atoms with E-state index in [1.165, 1.54) is 0 Å². The average Bonchev–Trinajstić information content (AvgIpc) is 2.93. The van der Waals surface area contributed by atoms with E-state index in [-0.39, 0.29) is 6.09 Å². The topological polar surface area (TPSA) is 66.8 Å². The first-order valence-electron chi connectivity index (χ1n) is 7.11. The molecule has 0 aliphatic heterocycles. The second-order valence-electron chi connectivity index (χ2n) is 7.64. The maximum absolute atomic E-state index is 12.3. The molecule has 0 atom stereocenters. The molecule has 5 nitrogen and oxygen atoms in total. The number of ether oxygens (including phenoxy) is 1. The first-order chi connectivity index (χ1) is 8.87. The lowest BCUT2D eigenvalue weighted by Crippen LogP contribution is -2.49. The minimum Gasteiger partial charge on any atom is -0.481 e. The molecule has 1 rings (SSSR count). The van der Waals surface area contributed by atoms with Crippen molar-refractivity contribution < 1.29 is 19.4 Å². The predicted molar refractivity (Wildman–Crippen MR) is 76.6 cm³/mol. The lowest BCUT2D eigenvalue weighted by atomic mass is 10.00. The van der Waals surface area contributed by atoms with Crippen molar-refractivity contribution in [3.05, 3.63) is 0 Å². The van der Waals surface area contributed by atoms with Crippen LogP contribution in [0.3, 0.4) is 0 Å². The van der Waals surface area contributed by atoms with E-state index in [2.05, 4.69) is 0 Å². The third-order valence-corrected chi connectivity index (χ3v) is 3.54. The van der Waals surface area contributed by atoms with Crippen molar-refractivity contribution in [2.75, 3.05) is 6.54 Å². The summed E-state index contributed by atoms with van der Waals surface area (Å²) >= 11 is 0. The number of nitrogens with zero attached hydrogens (tertiary/aromatic N) is 1. The monoisotopic (exact) mass is 285 g/mol. The minimum atomic E-state index is -0.754. The Morgan fingerprint density at radius 1 is 1.15 bits per heavy atom. The highest BCUT2D eigenvalue weighted by molar-refractivity contribution is 5.77. The van der Waals surface area contributed by atoms with Crippen LogP contribution in [0.15, 0.2) is 0 Å². The van der Waals surface area contributed by atoms with Gasteiger partial charge in [0.1, 0.15) is 5.60 Å². The van der Waals surface area contributed by atoms with Crippen LogP contribution >= 0.6 is 0 Å². The minimum absolute atomic E-state index is 0.383. The summed E-state index contributed by atoms with van der Waals surface area (Å²) in [6.07, 6.45) is 1.51. The number of rotatable bonds is 4. The molecular weight excluding hydrogens is 258 g/mol. The molecule has 1 aliphatic carbocycles. The number of carboxylic acids is 1. The van der Waals surface area contributed by atoms with Gasteiger partial charge in [0.25, 0.3) is 0 Å². The van der Waals surface area contributed by atoms with Gasteiger partial charge in [-0.15, -0.1) is 0 Å².